The summed E-state index contributed by atoms with van der Waals surface area (Å²) in [5, 5.41) is 5.54. The lowest BCUT2D eigenvalue weighted by atomic mass is 10.3. The Kier molecular flexibility index (Phi) is 3.99. The van der Waals surface area contributed by atoms with Crippen molar-refractivity contribution in [2.45, 2.75) is 32.7 Å². The van der Waals surface area contributed by atoms with Crippen molar-refractivity contribution in [3.8, 4) is 0 Å². The van der Waals surface area contributed by atoms with Gasteiger partial charge in [0, 0.05) is 19.5 Å². The van der Waals surface area contributed by atoms with Gasteiger partial charge in [-0.15, -0.1) is 0 Å². The monoisotopic (exact) mass is 262 g/mol. The Bertz CT molecular complexity index is 468. The second kappa shape index (κ2) is 5.69. The van der Waals surface area contributed by atoms with Gasteiger partial charge in [-0.25, -0.2) is 9.78 Å². The summed E-state index contributed by atoms with van der Waals surface area (Å²) in [6, 6.07) is 3.56. The molecule has 0 bridgehead atoms. The first kappa shape index (κ1) is 13.3. The van der Waals surface area contributed by atoms with Crippen LogP contribution in [-0.4, -0.2) is 29.5 Å². The zero-order valence-electron chi connectivity index (χ0n) is 11.1. The third-order valence-corrected chi connectivity index (χ3v) is 2.89. The molecule has 0 aliphatic heterocycles. The summed E-state index contributed by atoms with van der Waals surface area (Å²) in [7, 11) is 0. The van der Waals surface area contributed by atoms with Gasteiger partial charge in [-0.3, -0.25) is 9.69 Å². The van der Waals surface area contributed by atoms with Gasteiger partial charge in [0.05, 0.1) is 11.9 Å². The molecule has 102 valence electrons. The summed E-state index contributed by atoms with van der Waals surface area (Å²) in [6.07, 6.45) is 3.65. The van der Waals surface area contributed by atoms with E-state index < -0.39 is 0 Å². The molecule has 0 unspecified atom stereocenters. The van der Waals surface area contributed by atoms with Crippen LogP contribution in [0.3, 0.4) is 0 Å². The fraction of sp³-hybridized carbons (Fsp3) is 0.462. The van der Waals surface area contributed by atoms with Crippen LogP contribution in [0, 0.1) is 0 Å². The van der Waals surface area contributed by atoms with E-state index in [2.05, 4.69) is 15.6 Å². The van der Waals surface area contributed by atoms with Crippen LogP contribution in [0.2, 0.25) is 0 Å². The molecular formula is C13H18N4O2. The van der Waals surface area contributed by atoms with Gasteiger partial charge in [-0.2, -0.15) is 0 Å². The molecule has 0 aromatic carbocycles. The average Bonchev–Trinajstić information content (AvgIpc) is 3.15. The molecule has 0 radical (unpaired) electrons. The Labute approximate surface area is 112 Å². The number of aromatic nitrogens is 1. The predicted octanol–water partition coefficient (Wildman–Crippen LogP) is 1.74. The number of amides is 3. The normalized spacial score (nSPS) is 13.8. The molecule has 6 heteroatoms. The van der Waals surface area contributed by atoms with Crippen LogP contribution in [-0.2, 0) is 4.79 Å². The second-order valence-electron chi connectivity index (χ2n) is 4.54. The molecule has 1 aliphatic carbocycles. The topological polar surface area (TPSA) is 74.3 Å². The molecule has 6 nitrogen and oxygen atoms in total. The lowest BCUT2D eigenvalue weighted by Crippen LogP contribution is -2.31. The fourth-order valence-corrected chi connectivity index (χ4v) is 1.75. The fourth-order valence-electron chi connectivity index (χ4n) is 1.75. The first-order valence-electron chi connectivity index (χ1n) is 6.42. The zero-order chi connectivity index (χ0) is 13.8. The number of hydrogen-bond donors (Lipinski definition) is 2. The minimum absolute atomic E-state index is 0.0535. The number of anilines is 2. The molecule has 19 heavy (non-hydrogen) atoms. The average molecular weight is 262 g/mol. The Morgan fingerprint density at radius 1 is 1.42 bits per heavy atom. The lowest BCUT2D eigenvalue weighted by molar-refractivity contribution is -0.116. The summed E-state index contributed by atoms with van der Waals surface area (Å²) in [5.74, 6) is 0.533. The molecular weight excluding hydrogens is 244 g/mol. The number of hydrogen-bond acceptors (Lipinski definition) is 3. The Hall–Kier alpha value is -2.11. The maximum Gasteiger partial charge on any atom is 0.319 e. The number of nitrogens with zero attached hydrogens (tertiary/aromatic N) is 2. The van der Waals surface area contributed by atoms with Gasteiger partial charge in [0.25, 0.3) is 0 Å². The van der Waals surface area contributed by atoms with Crippen molar-refractivity contribution in [3.63, 3.8) is 0 Å². The maximum atomic E-state index is 11.5. The summed E-state index contributed by atoms with van der Waals surface area (Å²) < 4.78 is 0. The van der Waals surface area contributed by atoms with Gasteiger partial charge in [0.15, 0.2) is 0 Å². The van der Waals surface area contributed by atoms with Crippen molar-refractivity contribution >= 4 is 23.4 Å². The number of carbonyl (C=O) groups is 2. The van der Waals surface area contributed by atoms with Crippen molar-refractivity contribution in [2.24, 2.45) is 0 Å². The van der Waals surface area contributed by atoms with E-state index in [1.165, 1.54) is 6.92 Å². The minimum atomic E-state index is -0.212. The number of rotatable bonds is 4. The van der Waals surface area contributed by atoms with Crippen LogP contribution in [0.25, 0.3) is 0 Å². The molecule has 0 atom stereocenters. The number of pyridine rings is 1. The van der Waals surface area contributed by atoms with Crippen LogP contribution in [0.1, 0.15) is 26.7 Å². The Balaban J connectivity index is 1.96. The van der Waals surface area contributed by atoms with E-state index in [1.807, 2.05) is 6.92 Å². The standard InChI is InChI=1S/C13H18N4O2/c1-3-17(9(2)18)12-7-6-11(8-14-12)16-13(19)15-10-4-5-10/h6-8,10H,3-5H2,1-2H3,(H2,15,16,19). The van der Waals surface area contributed by atoms with Crippen molar-refractivity contribution in [1.82, 2.24) is 10.3 Å². The molecule has 0 saturated heterocycles. The predicted molar refractivity (Wildman–Crippen MR) is 73.1 cm³/mol. The van der Waals surface area contributed by atoms with Gasteiger partial charge in [0.1, 0.15) is 5.82 Å². The summed E-state index contributed by atoms with van der Waals surface area (Å²) in [5.41, 5.74) is 0.613. The molecule has 2 N–H and O–H groups in total. The van der Waals surface area contributed by atoms with Crippen LogP contribution < -0.4 is 15.5 Å². The van der Waals surface area contributed by atoms with Gasteiger partial charge < -0.3 is 10.6 Å². The van der Waals surface area contributed by atoms with Crippen LogP contribution >= 0.6 is 0 Å². The van der Waals surface area contributed by atoms with Gasteiger partial charge >= 0.3 is 6.03 Å². The summed E-state index contributed by atoms with van der Waals surface area (Å²) >= 11 is 0. The van der Waals surface area contributed by atoms with Gasteiger partial charge in [0.2, 0.25) is 5.91 Å². The van der Waals surface area contributed by atoms with Crippen molar-refractivity contribution in [1.29, 1.82) is 0 Å². The second-order valence-corrected chi connectivity index (χ2v) is 4.54. The molecule has 1 saturated carbocycles. The molecule has 0 spiro atoms. The highest BCUT2D eigenvalue weighted by atomic mass is 16.2. The maximum absolute atomic E-state index is 11.5. The van der Waals surface area contributed by atoms with E-state index in [4.69, 9.17) is 0 Å². The van der Waals surface area contributed by atoms with E-state index in [0.29, 0.717) is 24.1 Å². The van der Waals surface area contributed by atoms with Crippen molar-refractivity contribution in [3.05, 3.63) is 18.3 Å². The Morgan fingerprint density at radius 2 is 2.16 bits per heavy atom. The van der Waals surface area contributed by atoms with Crippen LogP contribution in [0.4, 0.5) is 16.3 Å². The first-order valence-corrected chi connectivity index (χ1v) is 6.42. The highest BCUT2D eigenvalue weighted by Crippen LogP contribution is 2.19. The molecule has 1 aromatic heterocycles. The number of nitrogens with one attached hydrogen (secondary N) is 2. The van der Waals surface area contributed by atoms with E-state index in [-0.39, 0.29) is 11.9 Å². The SMILES string of the molecule is CCN(C(C)=O)c1ccc(NC(=O)NC2CC2)cn1. The molecule has 2 rings (SSSR count). The van der Waals surface area contributed by atoms with Gasteiger partial charge in [-0.05, 0) is 31.9 Å². The van der Waals surface area contributed by atoms with Crippen molar-refractivity contribution < 1.29 is 9.59 Å². The van der Waals surface area contributed by atoms with E-state index in [0.717, 1.165) is 12.8 Å². The van der Waals surface area contributed by atoms with Gasteiger partial charge in [-0.1, -0.05) is 0 Å². The largest absolute Gasteiger partial charge is 0.335 e. The lowest BCUT2D eigenvalue weighted by Gasteiger charge is -2.17. The summed E-state index contributed by atoms with van der Waals surface area (Å²) in [6.45, 7) is 3.95. The third kappa shape index (κ3) is 3.67. The Morgan fingerprint density at radius 3 is 2.63 bits per heavy atom. The smallest absolute Gasteiger partial charge is 0.319 e. The van der Waals surface area contributed by atoms with E-state index in [9.17, 15) is 9.59 Å². The van der Waals surface area contributed by atoms with Crippen LogP contribution in [0.5, 0.6) is 0 Å². The molecule has 1 heterocycles. The van der Waals surface area contributed by atoms with E-state index in [1.54, 1.807) is 23.2 Å². The summed E-state index contributed by atoms with van der Waals surface area (Å²) in [4.78, 5) is 28.6. The molecule has 1 aromatic rings. The highest BCUT2D eigenvalue weighted by molar-refractivity contribution is 5.91. The number of carbonyl (C=O) groups excluding carboxylic acids is 2. The van der Waals surface area contributed by atoms with E-state index >= 15 is 0 Å². The quantitative estimate of drug-likeness (QED) is 0.868. The van der Waals surface area contributed by atoms with Crippen LogP contribution in [0.15, 0.2) is 18.3 Å². The number of urea groups is 1. The first-order chi connectivity index (χ1) is 9.10. The minimum Gasteiger partial charge on any atom is -0.335 e. The zero-order valence-corrected chi connectivity index (χ0v) is 11.1. The molecule has 1 fully saturated rings. The van der Waals surface area contributed by atoms with Crippen molar-refractivity contribution in [2.75, 3.05) is 16.8 Å². The third-order valence-electron chi connectivity index (χ3n) is 2.89. The molecule has 1 aliphatic rings. The highest BCUT2D eigenvalue weighted by Gasteiger charge is 2.23. The molecule has 3 amide bonds.